The second-order valence-corrected chi connectivity index (χ2v) is 8.24. The molecule has 35 heavy (non-hydrogen) atoms. The fourth-order valence-electron chi connectivity index (χ4n) is 3.45. The van der Waals surface area contributed by atoms with Gasteiger partial charge in [-0.15, -0.1) is 0 Å². The number of ether oxygens (including phenoxy) is 1. The SMILES string of the molecule is Cc1nc(CN(C)C(=O)c2cc(F)c(F)c(C(=N)OC(=N)C(C)Cc3ccc(F)cc3)c2)c(C)o1. The molecule has 1 heterocycles. The Hall–Kier alpha value is -3.95. The van der Waals surface area contributed by atoms with Crippen LogP contribution in [0.15, 0.2) is 40.8 Å². The van der Waals surface area contributed by atoms with E-state index in [9.17, 15) is 18.0 Å². The summed E-state index contributed by atoms with van der Waals surface area (Å²) in [6, 6.07) is 7.46. The van der Waals surface area contributed by atoms with E-state index >= 15 is 0 Å². The number of nitrogens with one attached hydrogen (secondary N) is 2. The predicted octanol–water partition coefficient (Wildman–Crippen LogP) is 5.18. The lowest BCUT2D eigenvalue weighted by Gasteiger charge is -2.18. The number of benzene rings is 2. The first kappa shape index (κ1) is 25.7. The van der Waals surface area contributed by atoms with E-state index < -0.39 is 40.7 Å². The number of oxazole rings is 1. The molecule has 2 N–H and O–H groups in total. The smallest absolute Gasteiger partial charge is 0.254 e. The Labute approximate surface area is 200 Å². The molecule has 0 fully saturated rings. The highest BCUT2D eigenvalue weighted by atomic mass is 19.2. The van der Waals surface area contributed by atoms with Gasteiger partial charge >= 0.3 is 0 Å². The molecule has 0 saturated heterocycles. The number of hydrogen-bond acceptors (Lipinski definition) is 6. The molecule has 0 spiro atoms. The molecule has 1 unspecified atom stereocenters. The molecule has 0 aliphatic heterocycles. The zero-order valence-corrected chi connectivity index (χ0v) is 19.7. The summed E-state index contributed by atoms with van der Waals surface area (Å²) in [6.45, 7) is 5.10. The Bertz CT molecular complexity index is 1270. The molecule has 0 aliphatic carbocycles. The average Bonchev–Trinajstić information content (AvgIpc) is 3.12. The van der Waals surface area contributed by atoms with Crippen LogP contribution in [0.25, 0.3) is 0 Å². The van der Waals surface area contributed by atoms with Gasteiger partial charge in [0.25, 0.3) is 5.91 Å². The fraction of sp³-hybridized carbons (Fsp3) is 0.280. The highest BCUT2D eigenvalue weighted by Crippen LogP contribution is 2.20. The Balaban J connectivity index is 1.74. The molecule has 1 aromatic heterocycles. The number of carbonyl (C=O) groups excluding carboxylic acids is 1. The molecule has 0 saturated carbocycles. The topological polar surface area (TPSA) is 103 Å². The molecular formula is C25H25F3N4O3. The summed E-state index contributed by atoms with van der Waals surface area (Å²) in [5.74, 6) is -4.42. The molecule has 10 heteroatoms. The maximum absolute atomic E-state index is 14.5. The van der Waals surface area contributed by atoms with Crippen molar-refractivity contribution in [2.75, 3.05) is 7.05 Å². The lowest BCUT2D eigenvalue weighted by molar-refractivity contribution is 0.0782. The van der Waals surface area contributed by atoms with Crippen molar-refractivity contribution in [1.29, 1.82) is 10.8 Å². The first-order valence-corrected chi connectivity index (χ1v) is 10.7. The van der Waals surface area contributed by atoms with Gasteiger partial charge in [-0.05, 0) is 43.2 Å². The van der Waals surface area contributed by atoms with Crippen molar-refractivity contribution < 1.29 is 27.1 Å². The van der Waals surface area contributed by atoms with Crippen LogP contribution < -0.4 is 0 Å². The van der Waals surface area contributed by atoms with E-state index in [2.05, 4.69) is 4.98 Å². The van der Waals surface area contributed by atoms with Crippen molar-refractivity contribution in [2.45, 2.75) is 33.7 Å². The summed E-state index contributed by atoms with van der Waals surface area (Å²) >= 11 is 0. The van der Waals surface area contributed by atoms with Gasteiger partial charge in [0, 0.05) is 25.5 Å². The number of amides is 1. The van der Waals surface area contributed by atoms with Crippen LogP contribution in [0.5, 0.6) is 0 Å². The maximum Gasteiger partial charge on any atom is 0.254 e. The fourth-order valence-corrected chi connectivity index (χ4v) is 3.45. The third kappa shape index (κ3) is 6.14. The number of rotatable bonds is 7. The van der Waals surface area contributed by atoms with E-state index in [1.165, 1.54) is 24.1 Å². The zero-order chi connectivity index (χ0) is 25.9. The molecule has 0 bridgehead atoms. The van der Waals surface area contributed by atoms with Gasteiger partial charge in [0.15, 0.2) is 23.4 Å². The summed E-state index contributed by atoms with van der Waals surface area (Å²) in [4.78, 5) is 18.3. The van der Waals surface area contributed by atoms with Crippen LogP contribution in [0.3, 0.4) is 0 Å². The van der Waals surface area contributed by atoms with Crippen LogP contribution >= 0.6 is 0 Å². The second-order valence-electron chi connectivity index (χ2n) is 8.24. The van der Waals surface area contributed by atoms with Crippen LogP contribution in [-0.4, -0.2) is 34.6 Å². The molecule has 184 valence electrons. The first-order valence-electron chi connectivity index (χ1n) is 10.7. The van der Waals surface area contributed by atoms with Crippen LogP contribution in [0.2, 0.25) is 0 Å². The summed E-state index contributed by atoms with van der Waals surface area (Å²) in [5, 5.41) is 16.2. The molecule has 1 amide bonds. The summed E-state index contributed by atoms with van der Waals surface area (Å²) < 4.78 is 52.4. The maximum atomic E-state index is 14.5. The number of carbonyl (C=O) groups is 1. The van der Waals surface area contributed by atoms with E-state index in [1.807, 2.05) is 0 Å². The third-order valence-electron chi connectivity index (χ3n) is 5.37. The average molecular weight is 486 g/mol. The van der Waals surface area contributed by atoms with Crippen molar-refractivity contribution in [3.8, 4) is 0 Å². The highest BCUT2D eigenvalue weighted by Gasteiger charge is 2.23. The van der Waals surface area contributed by atoms with Gasteiger partial charge in [-0.1, -0.05) is 19.1 Å². The van der Waals surface area contributed by atoms with Crippen molar-refractivity contribution in [3.63, 3.8) is 0 Å². The number of nitrogens with zero attached hydrogens (tertiary/aromatic N) is 2. The monoisotopic (exact) mass is 486 g/mol. The van der Waals surface area contributed by atoms with Crippen LogP contribution in [0, 0.1) is 48.0 Å². The second kappa shape index (κ2) is 10.5. The van der Waals surface area contributed by atoms with Crippen LogP contribution in [-0.2, 0) is 17.7 Å². The van der Waals surface area contributed by atoms with Crippen LogP contribution in [0.4, 0.5) is 13.2 Å². The van der Waals surface area contributed by atoms with Gasteiger partial charge in [-0.3, -0.25) is 15.6 Å². The van der Waals surface area contributed by atoms with Gasteiger partial charge in [-0.2, -0.15) is 0 Å². The summed E-state index contributed by atoms with van der Waals surface area (Å²) in [7, 11) is 1.47. The number of aryl methyl sites for hydroxylation is 2. The Kier molecular flexibility index (Phi) is 7.73. The molecule has 7 nitrogen and oxygen atoms in total. The molecular weight excluding hydrogens is 461 g/mol. The normalized spacial score (nSPS) is 11.7. The summed E-state index contributed by atoms with van der Waals surface area (Å²) in [6.07, 6.45) is 0.313. The van der Waals surface area contributed by atoms with Crippen LogP contribution in [0.1, 0.15) is 45.8 Å². The van der Waals surface area contributed by atoms with Gasteiger partial charge in [-0.25, -0.2) is 18.2 Å². The minimum absolute atomic E-state index is 0.0792. The van der Waals surface area contributed by atoms with Crippen molar-refractivity contribution in [3.05, 3.63) is 87.9 Å². The molecule has 0 radical (unpaired) electrons. The highest BCUT2D eigenvalue weighted by molar-refractivity contribution is 6.02. The third-order valence-corrected chi connectivity index (χ3v) is 5.37. The largest absolute Gasteiger partial charge is 0.446 e. The van der Waals surface area contributed by atoms with Gasteiger partial charge in [0.1, 0.15) is 17.3 Å². The lowest BCUT2D eigenvalue weighted by Crippen LogP contribution is -2.27. The van der Waals surface area contributed by atoms with E-state index in [1.54, 1.807) is 32.9 Å². The van der Waals surface area contributed by atoms with Crippen molar-refractivity contribution >= 4 is 17.7 Å². The molecule has 0 aliphatic rings. The van der Waals surface area contributed by atoms with Crippen molar-refractivity contribution in [1.82, 2.24) is 9.88 Å². The van der Waals surface area contributed by atoms with E-state index in [0.29, 0.717) is 23.8 Å². The summed E-state index contributed by atoms with van der Waals surface area (Å²) in [5.41, 5.74) is 0.484. The number of hydrogen-bond donors (Lipinski definition) is 2. The minimum Gasteiger partial charge on any atom is -0.446 e. The Morgan fingerprint density at radius 2 is 1.80 bits per heavy atom. The number of aromatic nitrogens is 1. The van der Waals surface area contributed by atoms with E-state index in [0.717, 1.165) is 17.7 Å². The molecule has 2 aromatic carbocycles. The van der Waals surface area contributed by atoms with Gasteiger partial charge < -0.3 is 14.1 Å². The predicted molar refractivity (Wildman–Crippen MR) is 123 cm³/mol. The van der Waals surface area contributed by atoms with Gasteiger partial charge in [0.05, 0.1) is 12.1 Å². The van der Waals surface area contributed by atoms with Gasteiger partial charge in [0.2, 0.25) is 5.90 Å². The number of halogens is 3. The van der Waals surface area contributed by atoms with Crippen molar-refractivity contribution in [2.24, 2.45) is 5.92 Å². The molecule has 3 aromatic rings. The minimum atomic E-state index is -1.36. The molecule has 3 rings (SSSR count). The lowest BCUT2D eigenvalue weighted by atomic mass is 10.0. The Morgan fingerprint density at radius 1 is 1.14 bits per heavy atom. The Morgan fingerprint density at radius 3 is 2.40 bits per heavy atom. The van der Waals surface area contributed by atoms with E-state index in [-0.39, 0.29) is 18.0 Å². The molecule has 1 atom stereocenters. The van der Waals surface area contributed by atoms with E-state index in [4.69, 9.17) is 20.0 Å². The quantitative estimate of drug-likeness (QED) is 0.355. The first-order chi connectivity index (χ1) is 16.5. The zero-order valence-electron chi connectivity index (χ0n) is 19.7. The standard InChI is InChI=1S/C25H25F3N4O3/c1-13(9-16-5-7-18(26)8-6-16)23(29)35-24(30)19-10-17(11-20(27)22(19)28)25(33)32(4)12-21-14(2)34-15(3)31-21/h5-8,10-11,13,29-30H,9,12H2,1-4H3.